The Morgan fingerprint density at radius 1 is 1.24 bits per heavy atom. The number of imidazole rings is 1. The van der Waals surface area contributed by atoms with Gasteiger partial charge in [-0.15, -0.1) is 0 Å². The maximum atomic E-state index is 14.2. The number of aldehydes is 1. The average Bonchev–Trinajstić information content (AvgIpc) is 3.37. The Bertz CT molecular complexity index is 1320. The molecule has 29 heavy (non-hydrogen) atoms. The number of carbonyl (C=O) groups is 1. The van der Waals surface area contributed by atoms with Crippen molar-refractivity contribution in [3.8, 4) is 17.3 Å². The van der Waals surface area contributed by atoms with Crippen LogP contribution in [0.4, 0.5) is 4.39 Å². The first-order valence-electron chi connectivity index (χ1n) is 9.74. The van der Waals surface area contributed by atoms with Gasteiger partial charge in [-0.3, -0.25) is 4.79 Å². The van der Waals surface area contributed by atoms with E-state index in [-0.39, 0.29) is 5.02 Å². The molecule has 0 spiro atoms. The zero-order valence-electron chi connectivity index (χ0n) is 15.5. The van der Waals surface area contributed by atoms with E-state index in [1.54, 1.807) is 18.2 Å². The fourth-order valence-electron chi connectivity index (χ4n) is 4.31. The Morgan fingerprint density at radius 3 is 2.90 bits per heavy atom. The van der Waals surface area contributed by atoms with Crippen molar-refractivity contribution in [2.75, 3.05) is 6.61 Å². The maximum absolute atomic E-state index is 14.2. The van der Waals surface area contributed by atoms with Gasteiger partial charge in [0, 0.05) is 17.5 Å². The highest BCUT2D eigenvalue weighted by atomic mass is 35.5. The molecule has 2 aromatic heterocycles. The van der Waals surface area contributed by atoms with Gasteiger partial charge in [0.25, 0.3) is 0 Å². The lowest BCUT2D eigenvalue weighted by molar-refractivity contribution is 0.112. The van der Waals surface area contributed by atoms with Crippen LogP contribution in [0.3, 0.4) is 0 Å². The number of hydrogen-bond donors (Lipinski definition) is 0. The van der Waals surface area contributed by atoms with Gasteiger partial charge in [0.15, 0.2) is 5.82 Å². The molecule has 1 saturated carbocycles. The van der Waals surface area contributed by atoms with Crippen molar-refractivity contribution in [1.82, 2.24) is 14.1 Å². The summed E-state index contributed by atoms with van der Waals surface area (Å²) in [6, 6.07) is 8.73. The first-order valence-corrected chi connectivity index (χ1v) is 10.1. The molecule has 2 aromatic carbocycles. The molecule has 4 aromatic rings. The molecule has 1 aliphatic carbocycles. The van der Waals surface area contributed by atoms with Gasteiger partial charge in [-0.1, -0.05) is 11.6 Å². The normalized spacial score (nSPS) is 15.8. The summed E-state index contributed by atoms with van der Waals surface area (Å²) in [6.45, 7) is 1.95. The van der Waals surface area contributed by atoms with Crippen LogP contribution in [0.15, 0.2) is 30.3 Å². The van der Waals surface area contributed by atoms with E-state index in [1.807, 2.05) is 6.07 Å². The van der Waals surface area contributed by atoms with E-state index in [9.17, 15) is 9.18 Å². The Hall–Kier alpha value is -2.86. The largest absolute Gasteiger partial charge is 0.489 e. The molecule has 0 amide bonds. The summed E-state index contributed by atoms with van der Waals surface area (Å²) < 4.78 is 24.3. The molecule has 0 saturated heterocycles. The summed E-state index contributed by atoms with van der Waals surface area (Å²) in [5, 5.41) is 1.05. The lowest BCUT2D eigenvalue weighted by atomic mass is 10.2. The summed E-state index contributed by atoms with van der Waals surface area (Å²) >= 11 is 6.38. The number of carbonyl (C=O) groups excluding carboxylic acids is 1. The van der Waals surface area contributed by atoms with Crippen molar-refractivity contribution in [3.63, 3.8) is 0 Å². The number of benzene rings is 2. The average molecular weight is 410 g/mol. The molecule has 0 unspecified atom stereocenters. The molecule has 6 rings (SSSR count). The third-order valence-corrected chi connectivity index (χ3v) is 6.22. The second-order valence-electron chi connectivity index (χ2n) is 7.82. The summed E-state index contributed by atoms with van der Waals surface area (Å²) in [5.41, 5.74) is 3.77. The molecule has 3 heterocycles. The highest BCUT2D eigenvalue weighted by Gasteiger charge is 2.28. The third kappa shape index (κ3) is 2.52. The van der Waals surface area contributed by atoms with E-state index >= 15 is 0 Å². The van der Waals surface area contributed by atoms with Crippen LogP contribution >= 0.6 is 11.6 Å². The van der Waals surface area contributed by atoms with E-state index in [1.165, 1.54) is 18.9 Å². The first kappa shape index (κ1) is 17.0. The van der Waals surface area contributed by atoms with Crippen molar-refractivity contribution in [3.05, 3.63) is 46.7 Å². The zero-order valence-corrected chi connectivity index (χ0v) is 16.2. The van der Waals surface area contributed by atoms with Crippen LogP contribution in [0.25, 0.3) is 33.5 Å². The van der Waals surface area contributed by atoms with Crippen LogP contribution in [-0.2, 0) is 13.1 Å². The van der Waals surface area contributed by atoms with Gasteiger partial charge in [-0.25, -0.2) is 9.37 Å². The molecule has 5 nitrogen and oxygen atoms in total. The molecular weight excluding hydrogens is 393 g/mol. The van der Waals surface area contributed by atoms with Crippen molar-refractivity contribution >= 4 is 39.8 Å². The van der Waals surface area contributed by atoms with Gasteiger partial charge in [-0.2, -0.15) is 0 Å². The monoisotopic (exact) mass is 409 g/mol. The minimum Gasteiger partial charge on any atom is -0.489 e. The molecule has 146 valence electrons. The number of nitrogens with zero attached hydrogens (tertiary/aromatic N) is 3. The molecule has 1 aliphatic heterocycles. The van der Waals surface area contributed by atoms with E-state index in [2.05, 4.69) is 9.13 Å². The lowest BCUT2D eigenvalue weighted by Gasteiger charge is -2.19. The summed E-state index contributed by atoms with van der Waals surface area (Å²) in [6.07, 6.45) is 3.14. The van der Waals surface area contributed by atoms with Gasteiger partial charge < -0.3 is 13.9 Å². The first-order chi connectivity index (χ1) is 14.1. The van der Waals surface area contributed by atoms with Crippen LogP contribution in [0.2, 0.25) is 5.02 Å². The van der Waals surface area contributed by atoms with Crippen LogP contribution < -0.4 is 4.74 Å². The van der Waals surface area contributed by atoms with Crippen molar-refractivity contribution in [2.24, 2.45) is 5.92 Å². The van der Waals surface area contributed by atoms with Gasteiger partial charge in [0.1, 0.15) is 35.0 Å². The van der Waals surface area contributed by atoms with Gasteiger partial charge in [-0.05, 0) is 49.1 Å². The summed E-state index contributed by atoms with van der Waals surface area (Å²) in [7, 11) is 0. The second-order valence-corrected chi connectivity index (χ2v) is 8.20. The molecule has 0 bridgehead atoms. The molecule has 2 aliphatic rings. The highest BCUT2D eigenvalue weighted by Crippen LogP contribution is 2.40. The number of ether oxygens (including phenoxy) is 1. The van der Waals surface area contributed by atoms with Gasteiger partial charge >= 0.3 is 0 Å². The summed E-state index contributed by atoms with van der Waals surface area (Å²) in [5.74, 6) is 1.63. The van der Waals surface area contributed by atoms with Crippen molar-refractivity contribution in [1.29, 1.82) is 0 Å². The second kappa shape index (κ2) is 6.07. The Morgan fingerprint density at radius 2 is 2.10 bits per heavy atom. The molecule has 0 atom stereocenters. The highest BCUT2D eigenvalue weighted by molar-refractivity contribution is 6.35. The SMILES string of the molecule is O=Cc1cc2c3c(c1)nc(-c1cc4ccc(F)c(Cl)c4n1CC1CC1)n3CCO2. The Balaban J connectivity index is 1.66. The van der Waals surface area contributed by atoms with Crippen molar-refractivity contribution < 1.29 is 13.9 Å². The predicted octanol–water partition coefficient (Wildman–Crippen LogP) is 5.07. The van der Waals surface area contributed by atoms with Crippen molar-refractivity contribution in [2.45, 2.75) is 25.9 Å². The molecular formula is C22H17ClFN3O2. The predicted molar refractivity (Wildman–Crippen MR) is 109 cm³/mol. The quantitative estimate of drug-likeness (QED) is 0.442. The number of hydrogen-bond acceptors (Lipinski definition) is 3. The van der Waals surface area contributed by atoms with Crippen LogP contribution in [0.5, 0.6) is 5.75 Å². The number of fused-ring (bicyclic) bond motifs is 1. The number of rotatable bonds is 4. The molecule has 1 fully saturated rings. The number of halogens is 2. The van der Waals surface area contributed by atoms with Crippen LogP contribution in [0, 0.1) is 11.7 Å². The fourth-order valence-corrected chi connectivity index (χ4v) is 4.59. The van der Waals surface area contributed by atoms with Crippen LogP contribution in [-0.4, -0.2) is 27.0 Å². The standard InChI is InChI=1S/C22H17ClFN3O2/c23-19-15(24)4-3-14-9-17(27(20(14)19)10-12-1-2-12)22-25-16-7-13(11-28)8-18-21(16)26(22)5-6-29-18/h3-4,7-9,11-12H,1-2,5-6,10H2. The molecule has 7 heteroatoms. The topological polar surface area (TPSA) is 49.0 Å². The van der Waals surface area contributed by atoms with E-state index in [0.717, 1.165) is 40.8 Å². The van der Waals surface area contributed by atoms with Gasteiger partial charge in [0.05, 0.1) is 23.3 Å². The Kier molecular flexibility index (Phi) is 3.56. The zero-order chi connectivity index (χ0) is 19.7. The van der Waals surface area contributed by atoms with Gasteiger partial charge in [0.2, 0.25) is 0 Å². The van der Waals surface area contributed by atoms with E-state index in [4.69, 9.17) is 21.3 Å². The molecule has 0 N–H and O–H groups in total. The van der Waals surface area contributed by atoms with Crippen LogP contribution in [0.1, 0.15) is 23.2 Å². The summed E-state index contributed by atoms with van der Waals surface area (Å²) in [4.78, 5) is 16.2. The third-order valence-electron chi connectivity index (χ3n) is 5.86. The lowest BCUT2D eigenvalue weighted by Crippen LogP contribution is -2.16. The minimum absolute atomic E-state index is 0.149. The molecule has 0 radical (unpaired) electrons. The number of aromatic nitrogens is 3. The van der Waals surface area contributed by atoms with E-state index in [0.29, 0.717) is 35.9 Å². The smallest absolute Gasteiger partial charge is 0.158 e. The minimum atomic E-state index is -0.415. The van der Waals surface area contributed by atoms with E-state index < -0.39 is 5.82 Å². The maximum Gasteiger partial charge on any atom is 0.158 e. The Labute approximate surface area is 170 Å². The fraction of sp³-hybridized carbons (Fsp3) is 0.273.